The SMILES string of the molecule is C=N/C(=C\SCC1CN2C1=CC(F)=CN2C)c1ccccc1. The molecule has 2 aliphatic heterocycles. The van der Waals surface area contributed by atoms with Crippen LogP contribution in [0.2, 0.25) is 0 Å². The first-order chi connectivity index (χ1) is 10.7. The first-order valence-corrected chi connectivity index (χ1v) is 8.17. The zero-order valence-electron chi connectivity index (χ0n) is 12.4. The van der Waals surface area contributed by atoms with Crippen molar-refractivity contribution in [2.24, 2.45) is 10.9 Å². The normalized spacial score (nSPS) is 20.8. The molecule has 1 fully saturated rings. The van der Waals surface area contributed by atoms with Gasteiger partial charge in [-0.2, -0.15) is 0 Å². The third-order valence-corrected chi connectivity index (χ3v) is 4.80. The van der Waals surface area contributed by atoms with Gasteiger partial charge in [-0.15, -0.1) is 11.8 Å². The molecule has 1 atom stereocenters. The van der Waals surface area contributed by atoms with Crippen molar-refractivity contribution in [3.63, 3.8) is 0 Å². The van der Waals surface area contributed by atoms with Gasteiger partial charge in [-0.1, -0.05) is 30.3 Å². The van der Waals surface area contributed by atoms with E-state index in [2.05, 4.69) is 16.7 Å². The molecule has 0 saturated carbocycles. The van der Waals surface area contributed by atoms with Gasteiger partial charge in [-0.3, -0.25) is 15.0 Å². The van der Waals surface area contributed by atoms with Crippen molar-refractivity contribution in [3.8, 4) is 0 Å². The minimum absolute atomic E-state index is 0.184. The third-order valence-electron chi connectivity index (χ3n) is 3.82. The van der Waals surface area contributed by atoms with Crippen LogP contribution in [-0.4, -0.2) is 36.1 Å². The number of halogens is 1. The van der Waals surface area contributed by atoms with Gasteiger partial charge < -0.3 is 0 Å². The van der Waals surface area contributed by atoms with E-state index in [0.717, 1.165) is 29.3 Å². The van der Waals surface area contributed by atoms with Crippen molar-refractivity contribution in [1.82, 2.24) is 10.0 Å². The number of aliphatic imine (C=N–C) groups is 1. The number of thioether (sulfide) groups is 1. The average Bonchev–Trinajstić information content (AvgIpc) is 2.51. The average molecular weight is 315 g/mol. The van der Waals surface area contributed by atoms with E-state index in [9.17, 15) is 4.39 Å². The number of hydrogen-bond acceptors (Lipinski definition) is 4. The molecule has 5 heteroatoms. The lowest BCUT2D eigenvalue weighted by molar-refractivity contribution is -0.000436. The first-order valence-electron chi connectivity index (χ1n) is 7.12. The second-order valence-corrected chi connectivity index (χ2v) is 6.20. The second kappa shape index (κ2) is 6.40. The lowest BCUT2D eigenvalue weighted by Gasteiger charge is -2.49. The third kappa shape index (κ3) is 2.95. The van der Waals surface area contributed by atoms with E-state index in [1.165, 1.54) is 6.20 Å². The van der Waals surface area contributed by atoms with Crippen molar-refractivity contribution in [1.29, 1.82) is 0 Å². The fraction of sp³-hybridized carbons (Fsp3) is 0.235. The standard InChI is InChI=1S/C17H18FN3S/c1-19-16(13-6-4-3-5-7-13)12-22-11-14-9-21-17(14)8-15(18)10-20(21)2/h3-8,10,12,14H,1,9,11H2,2H3/b16-12-. The van der Waals surface area contributed by atoms with Crippen LogP contribution in [0.4, 0.5) is 4.39 Å². The molecular weight excluding hydrogens is 297 g/mol. The highest BCUT2D eigenvalue weighted by Crippen LogP contribution is 2.37. The minimum atomic E-state index is -0.184. The molecular formula is C17H18FN3S. The van der Waals surface area contributed by atoms with Crippen LogP contribution >= 0.6 is 11.8 Å². The summed E-state index contributed by atoms with van der Waals surface area (Å²) in [5.74, 6) is 1.11. The molecule has 0 radical (unpaired) electrons. The summed E-state index contributed by atoms with van der Waals surface area (Å²) >= 11 is 1.70. The predicted molar refractivity (Wildman–Crippen MR) is 91.7 cm³/mol. The summed E-state index contributed by atoms with van der Waals surface area (Å²) in [4.78, 5) is 4.09. The Hall–Kier alpha value is -2.01. The predicted octanol–water partition coefficient (Wildman–Crippen LogP) is 3.91. The zero-order chi connectivity index (χ0) is 15.5. The van der Waals surface area contributed by atoms with Gasteiger partial charge in [0.05, 0.1) is 11.9 Å². The molecule has 2 aliphatic rings. The molecule has 1 unspecified atom stereocenters. The Kier molecular flexibility index (Phi) is 4.34. The maximum atomic E-state index is 13.5. The lowest BCUT2D eigenvalue weighted by Crippen LogP contribution is -2.52. The van der Waals surface area contributed by atoms with Crippen molar-refractivity contribution >= 4 is 24.2 Å². The van der Waals surface area contributed by atoms with Gasteiger partial charge in [0.1, 0.15) is 5.83 Å². The van der Waals surface area contributed by atoms with Crippen LogP contribution in [0, 0.1) is 5.92 Å². The van der Waals surface area contributed by atoms with Crippen LogP contribution in [-0.2, 0) is 0 Å². The Morgan fingerprint density at radius 3 is 2.95 bits per heavy atom. The Balaban J connectivity index is 1.61. The molecule has 0 aromatic heterocycles. The fourth-order valence-electron chi connectivity index (χ4n) is 2.62. The van der Waals surface area contributed by atoms with E-state index >= 15 is 0 Å². The van der Waals surface area contributed by atoms with Gasteiger partial charge in [0.25, 0.3) is 0 Å². The number of fused-ring (bicyclic) bond motifs is 1. The van der Waals surface area contributed by atoms with E-state index < -0.39 is 0 Å². The largest absolute Gasteiger partial charge is 0.293 e. The fourth-order valence-corrected chi connectivity index (χ4v) is 3.60. The number of rotatable bonds is 5. The molecule has 0 aliphatic carbocycles. The van der Waals surface area contributed by atoms with Crippen LogP contribution in [0.5, 0.6) is 0 Å². The molecule has 3 nitrogen and oxygen atoms in total. The zero-order valence-corrected chi connectivity index (χ0v) is 13.3. The highest BCUT2D eigenvalue weighted by Gasteiger charge is 2.36. The monoisotopic (exact) mass is 315 g/mol. The topological polar surface area (TPSA) is 18.8 Å². The Morgan fingerprint density at radius 1 is 1.45 bits per heavy atom. The van der Waals surface area contributed by atoms with Gasteiger partial charge >= 0.3 is 0 Å². The van der Waals surface area contributed by atoms with Gasteiger partial charge in [0.15, 0.2) is 0 Å². The molecule has 3 rings (SSSR count). The molecule has 1 aromatic carbocycles. The van der Waals surface area contributed by atoms with Crippen molar-refractivity contribution in [2.45, 2.75) is 0 Å². The molecule has 0 bridgehead atoms. The van der Waals surface area contributed by atoms with E-state index in [1.54, 1.807) is 17.8 Å². The summed E-state index contributed by atoms with van der Waals surface area (Å²) in [6.45, 7) is 4.57. The first kappa shape index (κ1) is 14.9. The highest BCUT2D eigenvalue weighted by atomic mass is 32.2. The van der Waals surface area contributed by atoms with Gasteiger partial charge in [-0.25, -0.2) is 4.39 Å². The molecule has 0 N–H and O–H groups in total. The minimum Gasteiger partial charge on any atom is -0.293 e. The Morgan fingerprint density at radius 2 is 2.23 bits per heavy atom. The lowest BCUT2D eigenvalue weighted by atomic mass is 9.97. The molecule has 0 spiro atoms. The van der Waals surface area contributed by atoms with Crippen LogP contribution in [0.3, 0.4) is 0 Å². The number of benzene rings is 1. The van der Waals surface area contributed by atoms with Crippen LogP contribution in [0.25, 0.3) is 5.70 Å². The maximum absolute atomic E-state index is 13.5. The van der Waals surface area contributed by atoms with Crippen molar-refractivity contribution in [3.05, 3.63) is 65.1 Å². The summed E-state index contributed by atoms with van der Waals surface area (Å²) in [7, 11) is 1.87. The van der Waals surface area contributed by atoms with E-state index in [4.69, 9.17) is 0 Å². The molecule has 1 saturated heterocycles. The highest BCUT2D eigenvalue weighted by molar-refractivity contribution is 8.02. The molecule has 1 aromatic rings. The van der Waals surface area contributed by atoms with E-state index in [1.807, 2.05) is 47.8 Å². The van der Waals surface area contributed by atoms with Crippen LogP contribution < -0.4 is 0 Å². The van der Waals surface area contributed by atoms with E-state index in [-0.39, 0.29) is 5.83 Å². The van der Waals surface area contributed by atoms with Gasteiger partial charge in [-0.05, 0) is 18.2 Å². The summed E-state index contributed by atoms with van der Waals surface area (Å²) in [5, 5.41) is 5.93. The number of hydrogen-bond donors (Lipinski definition) is 0. The Bertz CT molecular complexity index is 651. The van der Waals surface area contributed by atoms with Gasteiger partial charge in [0, 0.05) is 36.5 Å². The van der Waals surface area contributed by atoms with Crippen LogP contribution in [0.1, 0.15) is 5.56 Å². The van der Waals surface area contributed by atoms with Gasteiger partial charge in [0.2, 0.25) is 0 Å². The van der Waals surface area contributed by atoms with Crippen molar-refractivity contribution < 1.29 is 4.39 Å². The summed E-state index contributed by atoms with van der Waals surface area (Å²) in [6.07, 6.45) is 3.13. The maximum Gasteiger partial charge on any atom is 0.142 e. The molecule has 22 heavy (non-hydrogen) atoms. The number of nitrogens with zero attached hydrogens (tertiary/aromatic N) is 3. The molecule has 0 amide bonds. The summed E-state index contributed by atoms with van der Waals surface area (Å²) < 4.78 is 13.5. The summed E-state index contributed by atoms with van der Waals surface area (Å²) in [5.41, 5.74) is 2.99. The number of allylic oxidation sites excluding steroid dienone is 2. The van der Waals surface area contributed by atoms with Crippen molar-refractivity contribution in [2.75, 3.05) is 19.3 Å². The number of hydrazine groups is 1. The summed E-state index contributed by atoms with van der Waals surface area (Å²) in [6, 6.07) is 9.99. The Labute approximate surface area is 134 Å². The molecule has 114 valence electrons. The quantitative estimate of drug-likeness (QED) is 0.768. The van der Waals surface area contributed by atoms with Crippen LogP contribution in [0.15, 0.2) is 64.5 Å². The smallest absolute Gasteiger partial charge is 0.142 e. The van der Waals surface area contributed by atoms with E-state index in [0.29, 0.717) is 5.92 Å². The molecule has 2 heterocycles. The second-order valence-electron chi connectivity index (χ2n) is 5.30.